The van der Waals surface area contributed by atoms with Crippen LogP contribution in [0.15, 0.2) is 100 Å². The number of methoxy groups -OCH3 is 3. The molecule has 4 rings (SSSR count). The maximum absolute atomic E-state index is 14.8. The second kappa shape index (κ2) is 17.6. The highest BCUT2D eigenvalue weighted by Crippen LogP contribution is 2.37. The molecule has 0 heterocycles. The van der Waals surface area contributed by atoms with E-state index in [1.165, 1.54) is 56.6 Å². The van der Waals surface area contributed by atoms with Gasteiger partial charge in [-0.2, -0.15) is 0 Å². The van der Waals surface area contributed by atoms with Crippen molar-refractivity contribution in [1.82, 2.24) is 10.2 Å². The number of amides is 2. The van der Waals surface area contributed by atoms with Crippen LogP contribution in [0.3, 0.4) is 0 Å². The molecule has 4 aromatic rings. The zero-order chi connectivity index (χ0) is 36.4. The second-order valence-electron chi connectivity index (χ2n) is 11.8. The van der Waals surface area contributed by atoms with Crippen molar-refractivity contribution < 1.29 is 32.2 Å². The van der Waals surface area contributed by atoms with Gasteiger partial charge in [0.1, 0.15) is 18.3 Å². The number of nitrogens with one attached hydrogen (secondary N) is 1. The van der Waals surface area contributed by atoms with Crippen molar-refractivity contribution in [2.24, 2.45) is 5.92 Å². The fourth-order valence-electron chi connectivity index (χ4n) is 5.24. The Kier molecular flexibility index (Phi) is 13.6. The lowest BCUT2D eigenvalue weighted by molar-refractivity contribution is -0.140. The lowest BCUT2D eigenvalue weighted by Crippen LogP contribution is -2.53. The summed E-state index contributed by atoms with van der Waals surface area (Å²) in [4.78, 5) is 30.0. The SMILES string of the molecule is COc1ccc(S(=O)(=O)N(CC(=O)N(Cc2ccc(Br)cc2)C(Cc2ccccc2)C(=O)NCC(C)C)c2cc(Cl)ccc2OC)cc1OC. The fraction of sp³-hybridized carbons (Fsp3) is 0.297. The van der Waals surface area contributed by atoms with Crippen molar-refractivity contribution in [1.29, 1.82) is 0 Å². The van der Waals surface area contributed by atoms with E-state index in [2.05, 4.69) is 21.2 Å². The molecule has 0 aromatic heterocycles. The van der Waals surface area contributed by atoms with Gasteiger partial charge in [-0.05, 0) is 59.5 Å². The number of hydrogen-bond donors (Lipinski definition) is 1. The van der Waals surface area contributed by atoms with E-state index in [0.29, 0.717) is 12.3 Å². The van der Waals surface area contributed by atoms with Crippen LogP contribution in [0.5, 0.6) is 17.2 Å². The Bertz CT molecular complexity index is 1880. The van der Waals surface area contributed by atoms with Gasteiger partial charge in [0, 0.05) is 35.1 Å². The highest BCUT2D eigenvalue weighted by molar-refractivity contribution is 9.10. The molecule has 1 unspecified atom stereocenters. The summed E-state index contributed by atoms with van der Waals surface area (Å²) in [7, 11) is -0.259. The van der Waals surface area contributed by atoms with E-state index in [4.69, 9.17) is 25.8 Å². The predicted octanol–water partition coefficient (Wildman–Crippen LogP) is 6.74. The molecule has 0 aliphatic heterocycles. The van der Waals surface area contributed by atoms with Crippen LogP contribution < -0.4 is 23.8 Å². The molecule has 13 heteroatoms. The average molecular weight is 787 g/mol. The first-order chi connectivity index (χ1) is 23.9. The standard InChI is InChI=1S/C37H41BrClN3O7S/c1-25(2)22-40-37(44)32(19-26-9-7-6-8-10-26)41(23-27-11-13-28(38)14-12-27)36(43)24-42(31-20-29(39)15-17-33(31)47-3)50(45,46)30-16-18-34(48-4)35(21-30)49-5/h6-18,20-21,25,32H,19,22-24H2,1-5H3,(H,40,44). The number of sulfonamides is 1. The summed E-state index contributed by atoms with van der Waals surface area (Å²) in [5.74, 6) is -0.154. The first-order valence-corrected chi connectivity index (χ1v) is 18.4. The topological polar surface area (TPSA) is 114 Å². The Balaban J connectivity index is 1.87. The van der Waals surface area contributed by atoms with E-state index in [0.717, 1.165) is 19.9 Å². The fourth-order valence-corrected chi connectivity index (χ4v) is 7.10. The van der Waals surface area contributed by atoms with Crippen molar-refractivity contribution in [3.8, 4) is 17.2 Å². The van der Waals surface area contributed by atoms with Gasteiger partial charge in [0.25, 0.3) is 10.0 Å². The molecule has 266 valence electrons. The van der Waals surface area contributed by atoms with Gasteiger partial charge in [-0.1, -0.05) is 83.8 Å². The first kappa shape index (κ1) is 38.5. The average Bonchev–Trinajstić information content (AvgIpc) is 3.11. The zero-order valence-corrected chi connectivity index (χ0v) is 31.7. The van der Waals surface area contributed by atoms with Gasteiger partial charge < -0.3 is 24.4 Å². The van der Waals surface area contributed by atoms with Crippen LogP contribution in [0.4, 0.5) is 5.69 Å². The minimum atomic E-state index is -4.49. The zero-order valence-electron chi connectivity index (χ0n) is 28.6. The van der Waals surface area contributed by atoms with Crippen molar-refractivity contribution in [2.45, 2.75) is 37.8 Å². The van der Waals surface area contributed by atoms with Crippen LogP contribution in [-0.4, -0.2) is 65.6 Å². The Morgan fingerprint density at radius 1 is 0.820 bits per heavy atom. The molecule has 0 fully saturated rings. The number of nitrogens with zero attached hydrogens (tertiary/aromatic N) is 2. The number of ether oxygens (including phenoxy) is 3. The largest absolute Gasteiger partial charge is 0.495 e. The molecule has 1 N–H and O–H groups in total. The summed E-state index contributed by atoms with van der Waals surface area (Å²) in [5.41, 5.74) is 1.61. The molecule has 0 radical (unpaired) electrons. The van der Waals surface area contributed by atoms with Gasteiger partial charge in [0.05, 0.1) is 31.9 Å². The predicted molar refractivity (Wildman–Crippen MR) is 199 cm³/mol. The molecule has 10 nitrogen and oxygen atoms in total. The van der Waals surface area contributed by atoms with Crippen LogP contribution in [0, 0.1) is 5.92 Å². The molecule has 0 aliphatic carbocycles. The molecule has 0 bridgehead atoms. The van der Waals surface area contributed by atoms with Crippen LogP contribution >= 0.6 is 27.5 Å². The number of benzene rings is 4. The molecule has 0 saturated carbocycles. The quantitative estimate of drug-likeness (QED) is 0.134. The third-order valence-corrected chi connectivity index (χ3v) is 10.4. The summed E-state index contributed by atoms with van der Waals surface area (Å²) in [6.45, 7) is 3.69. The normalized spacial score (nSPS) is 11.8. The Morgan fingerprint density at radius 2 is 1.46 bits per heavy atom. The first-order valence-electron chi connectivity index (χ1n) is 15.8. The van der Waals surface area contributed by atoms with E-state index in [1.54, 1.807) is 6.07 Å². The lowest BCUT2D eigenvalue weighted by atomic mass is 10.0. The van der Waals surface area contributed by atoms with Gasteiger partial charge in [0.15, 0.2) is 11.5 Å². The molecular weight excluding hydrogens is 746 g/mol. The Morgan fingerprint density at radius 3 is 2.08 bits per heavy atom. The second-order valence-corrected chi connectivity index (χ2v) is 15.1. The number of carbonyl (C=O) groups excluding carboxylic acids is 2. The monoisotopic (exact) mass is 785 g/mol. The third kappa shape index (κ3) is 9.70. The van der Waals surface area contributed by atoms with Gasteiger partial charge in [-0.3, -0.25) is 13.9 Å². The maximum atomic E-state index is 14.8. The van der Waals surface area contributed by atoms with Crippen LogP contribution in [0.25, 0.3) is 0 Å². The van der Waals surface area contributed by atoms with Gasteiger partial charge >= 0.3 is 0 Å². The molecule has 4 aromatic carbocycles. The van der Waals surface area contributed by atoms with Gasteiger partial charge in [-0.15, -0.1) is 0 Å². The number of carbonyl (C=O) groups is 2. The number of halogens is 2. The summed E-state index contributed by atoms with van der Waals surface area (Å²) in [6.07, 6.45) is 0.190. The molecule has 1 atom stereocenters. The summed E-state index contributed by atoms with van der Waals surface area (Å²) in [6, 6.07) is 24.4. The number of rotatable bonds is 16. The smallest absolute Gasteiger partial charge is 0.265 e. The van der Waals surface area contributed by atoms with Crippen LogP contribution in [0.2, 0.25) is 5.02 Å². The minimum absolute atomic E-state index is 0.0235. The molecule has 0 aliphatic rings. The van der Waals surface area contributed by atoms with Crippen molar-refractivity contribution in [2.75, 3.05) is 38.7 Å². The summed E-state index contributed by atoms with van der Waals surface area (Å²) < 4.78 is 47.2. The van der Waals surface area contributed by atoms with E-state index >= 15 is 0 Å². The maximum Gasteiger partial charge on any atom is 0.265 e. The van der Waals surface area contributed by atoms with Crippen molar-refractivity contribution in [3.05, 3.63) is 112 Å². The summed E-state index contributed by atoms with van der Waals surface area (Å²) in [5, 5.41) is 3.21. The molecular formula is C37H41BrClN3O7S. The van der Waals surface area contributed by atoms with Crippen molar-refractivity contribution >= 4 is 55.1 Å². The highest BCUT2D eigenvalue weighted by Gasteiger charge is 2.36. The number of hydrogen-bond acceptors (Lipinski definition) is 7. The molecule has 2 amide bonds. The number of anilines is 1. The van der Waals surface area contributed by atoms with Crippen LogP contribution in [-0.2, 0) is 32.6 Å². The lowest BCUT2D eigenvalue weighted by Gasteiger charge is -2.34. The van der Waals surface area contributed by atoms with E-state index in [9.17, 15) is 18.0 Å². The van der Waals surface area contributed by atoms with E-state index in [-0.39, 0.29) is 51.9 Å². The highest BCUT2D eigenvalue weighted by atomic mass is 79.9. The minimum Gasteiger partial charge on any atom is -0.495 e. The van der Waals surface area contributed by atoms with Crippen LogP contribution in [0.1, 0.15) is 25.0 Å². The van der Waals surface area contributed by atoms with Gasteiger partial charge in [-0.25, -0.2) is 8.42 Å². The summed E-state index contributed by atoms with van der Waals surface area (Å²) >= 11 is 9.85. The Labute approximate surface area is 307 Å². The Hall–Kier alpha value is -4.26. The molecule has 0 spiro atoms. The third-order valence-electron chi connectivity index (χ3n) is 7.85. The molecule has 0 saturated heterocycles. The van der Waals surface area contributed by atoms with E-state index in [1.807, 2.05) is 68.4 Å². The van der Waals surface area contributed by atoms with Crippen molar-refractivity contribution in [3.63, 3.8) is 0 Å². The van der Waals surface area contributed by atoms with Gasteiger partial charge in [0.2, 0.25) is 11.8 Å². The van der Waals surface area contributed by atoms with E-state index < -0.39 is 28.5 Å². The molecule has 50 heavy (non-hydrogen) atoms.